The molecular weight excluding hydrogens is 379 g/mol. The molecule has 5 nitrogen and oxygen atoms in total. The number of nitrogens with one attached hydrogen (secondary N) is 2. The molecule has 30 heavy (non-hydrogen) atoms. The summed E-state index contributed by atoms with van der Waals surface area (Å²) in [6.07, 6.45) is 2.45. The molecule has 0 saturated carbocycles. The maximum atomic E-state index is 13.2. The van der Waals surface area contributed by atoms with E-state index in [0.717, 1.165) is 60.7 Å². The van der Waals surface area contributed by atoms with Gasteiger partial charge in [-0.3, -0.25) is 4.79 Å². The molecule has 0 atom stereocenters. The van der Waals surface area contributed by atoms with Crippen LogP contribution in [-0.4, -0.2) is 36.4 Å². The summed E-state index contributed by atoms with van der Waals surface area (Å²) >= 11 is 0. The van der Waals surface area contributed by atoms with Gasteiger partial charge < -0.3 is 15.5 Å². The number of guanidine groups is 1. The highest BCUT2D eigenvalue weighted by molar-refractivity contribution is 5.79. The Balaban J connectivity index is 1.51. The minimum absolute atomic E-state index is 0.197. The topological polar surface area (TPSA) is 56.7 Å². The first-order valence-electron chi connectivity index (χ1n) is 10.7. The summed E-state index contributed by atoms with van der Waals surface area (Å²) in [5.41, 5.74) is 4.37. The van der Waals surface area contributed by atoms with Gasteiger partial charge in [0.2, 0.25) is 5.91 Å². The molecule has 1 aliphatic heterocycles. The van der Waals surface area contributed by atoms with E-state index in [1.54, 1.807) is 6.07 Å². The van der Waals surface area contributed by atoms with Crippen LogP contribution in [0.3, 0.4) is 0 Å². The lowest BCUT2D eigenvalue weighted by molar-refractivity contribution is -0.128. The Kier molecular flexibility index (Phi) is 7.82. The van der Waals surface area contributed by atoms with Gasteiger partial charge in [0.05, 0.1) is 6.54 Å². The first kappa shape index (κ1) is 21.8. The lowest BCUT2D eigenvalue weighted by Gasteiger charge is -2.15. The van der Waals surface area contributed by atoms with E-state index in [2.05, 4.69) is 39.9 Å². The highest BCUT2D eigenvalue weighted by atomic mass is 19.1. The van der Waals surface area contributed by atoms with E-state index < -0.39 is 0 Å². The quantitative estimate of drug-likeness (QED) is 0.517. The van der Waals surface area contributed by atoms with E-state index in [4.69, 9.17) is 0 Å². The molecule has 1 heterocycles. The van der Waals surface area contributed by atoms with Gasteiger partial charge in [-0.1, -0.05) is 30.3 Å². The van der Waals surface area contributed by atoms with Crippen molar-refractivity contribution in [3.05, 3.63) is 70.5 Å². The number of likely N-dealkylation sites (tertiary alicyclic amines) is 1. The van der Waals surface area contributed by atoms with Gasteiger partial charge in [0, 0.05) is 32.6 Å². The molecule has 0 bridgehead atoms. The summed E-state index contributed by atoms with van der Waals surface area (Å²) in [6, 6.07) is 13.2. The van der Waals surface area contributed by atoms with Gasteiger partial charge in [-0.2, -0.15) is 0 Å². The molecule has 0 aliphatic carbocycles. The molecular formula is C24H31FN4O. The second kappa shape index (κ2) is 10.8. The molecule has 6 heteroatoms. The Hall–Kier alpha value is -2.89. The van der Waals surface area contributed by atoms with Crippen molar-refractivity contribution in [2.75, 3.05) is 19.6 Å². The van der Waals surface area contributed by atoms with Crippen LogP contribution in [0.1, 0.15) is 42.0 Å². The van der Waals surface area contributed by atoms with Crippen molar-refractivity contribution in [2.45, 2.75) is 46.2 Å². The second-order valence-electron chi connectivity index (χ2n) is 7.68. The average molecular weight is 411 g/mol. The van der Waals surface area contributed by atoms with Crippen molar-refractivity contribution >= 4 is 11.9 Å². The second-order valence-corrected chi connectivity index (χ2v) is 7.68. The van der Waals surface area contributed by atoms with Crippen molar-refractivity contribution < 1.29 is 9.18 Å². The summed E-state index contributed by atoms with van der Waals surface area (Å²) in [6.45, 7) is 7.60. The molecule has 0 unspecified atom stereocenters. The molecule has 160 valence electrons. The Morgan fingerprint density at radius 2 is 1.90 bits per heavy atom. The third-order valence-electron chi connectivity index (χ3n) is 5.32. The van der Waals surface area contributed by atoms with Gasteiger partial charge in [0.15, 0.2) is 5.96 Å². The lowest BCUT2D eigenvalue weighted by atomic mass is 10.1. The van der Waals surface area contributed by atoms with Crippen LogP contribution >= 0.6 is 0 Å². The number of halogens is 1. The third-order valence-corrected chi connectivity index (χ3v) is 5.32. The zero-order valence-corrected chi connectivity index (χ0v) is 17.9. The van der Waals surface area contributed by atoms with Crippen LogP contribution in [-0.2, 0) is 24.3 Å². The van der Waals surface area contributed by atoms with E-state index in [1.165, 1.54) is 6.07 Å². The molecule has 3 rings (SSSR count). The molecule has 2 aromatic rings. The van der Waals surface area contributed by atoms with Crippen LogP contribution in [0.4, 0.5) is 4.39 Å². The highest BCUT2D eigenvalue weighted by Gasteiger charge is 2.19. The zero-order chi connectivity index (χ0) is 21.3. The number of aryl methyl sites for hydroxylation is 1. The number of hydrogen-bond acceptors (Lipinski definition) is 2. The van der Waals surface area contributed by atoms with Crippen LogP contribution in [0.5, 0.6) is 0 Å². The maximum absolute atomic E-state index is 13.2. The van der Waals surface area contributed by atoms with Crippen LogP contribution in [0, 0.1) is 12.7 Å². The maximum Gasteiger partial charge on any atom is 0.222 e. The first-order chi connectivity index (χ1) is 14.5. The number of rotatable bonds is 8. The molecule has 1 saturated heterocycles. The van der Waals surface area contributed by atoms with Crippen LogP contribution < -0.4 is 10.6 Å². The Bertz CT molecular complexity index is 879. The number of hydrogen-bond donors (Lipinski definition) is 2. The summed E-state index contributed by atoms with van der Waals surface area (Å²) in [7, 11) is 0. The number of nitrogens with zero attached hydrogens (tertiary/aromatic N) is 2. The average Bonchev–Trinajstić information content (AvgIpc) is 3.13. The van der Waals surface area contributed by atoms with Gasteiger partial charge in [-0.05, 0) is 61.1 Å². The van der Waals surface area contributed by atoms with Crippen molar-refractivity contribution in [1.29, 1.82) is 0 Å². The smallest absolute Gasteiger partial charge is 0.222 e. The van der Waals surface area contributed by atoms with Crippen LogP contribution in [0.2, 0.25) is 0 Å². The number of carbonyl (C=O) groups excluding carboxylic acids is 1. The van der Waals surface area contributed by atoms with E-state index >= 15 is 0 Å². The molecule has 2 aromatic carbocycles. The zero-order valence-electron chi connectivity index (χ0n) is 17.9. The molecule has 0 radical (unpaired) electrons. The lowest BCUT2D eigenvalue weighted by Crippen LogP contribution is -2.38. The Morgan fingerprint density at radius 3 is 2.57 bits per heavy atom. The van der Waals surface area contributed by atoms with Crippen LogP contribution in [0.25, 0.3) is 0 Å². The summed E-state index contributed by atoms with van der Waals surface area (Å²) < 4.78 is 13.2. The van der Waals surface area contributed by atoms with Gasteiger partial charge in [0.25, 0.3) is 0 Å². The fourth-order valence-electron chi connectivity index (χ4n) is 3.61. The normalized spacial score (nSPS) is 14.3. The molecule has 1 fully saturated rings. The Labute approximate surface area is 178 Å². The molecule has 0 spiro atoms. The minimum Gasteiger partial charge on any atom is -0.357 e. The molecule has 2 N–H and O–H groups in total. The summed E-state index contributed by atoms with van der Waals surface area (Å²) in [4.78, 5) is 18.4. The number of amides is 1. The predicted molar refractivity (Wildman–Crippen MR) is 119 cm³/mol. The fraction of sp³-hybridized carbons (Fsp3) is 0.417. The van der Waals surface area contributed by atoms with E-state index in [0.29, 0.717) is 19.5 Å². The van der Waals surface area contributed by atoms with Crippen molar-refractivity contribution in [3.63, 3.8) is 0 Å². The monoisotopic (exact) mass is 410 g/mol. The molecule has 1 aliphatic rings. The van der Waals surface area contributed by atoms with Gasteiger partial charge in [0.1, 0.15) is 5.82 Å². The minimum atomic E-state index is -0.197. The van der Waals surface area contributed by atoms with E-state index in [9.17, 15) is 9.18 Å². The SMILES string of the molecule is CCNC(=NCc1ccc(CN2CCCC2=O)cc1)NCCc1ccc(F)cc1C. The summed E-state index contributed by atoms with van der Waals surface area (Å²) in [5.74, 6) is 0.821. The molecule has 0 aromatic heterocycles. The fourth-order valence-corrected chi connectivity index (χ4v) is 3.61. The van der Waals surface area contributed by atoms with Gasteiger partial charge in [-0.25, -0.2) is 9.38 Å². The van der Waals surface area contributed by atoms with Gasteiger partial charge >= 0.3 is 0 Å². The van der Waals surface area contributed by atoms with E-state index in [1.807, 2.05) is 24.8 Å². The largest absolute Gasteiger partial charge is 0.357 e. The van der Waals surface area contributed by atoms with Gasteiger partial charge in [-0.15, -0.1) is 0 Å². The van der Waals surface area contributed by atoms with Crippen molar-refractivity contribution in [3.8, 4) is 0 Å². The third kappa shape index (κ3) is 6.31. The number of aliphatic imine (C=N–C) groups is 1. The number of benzene rings is 2. The first-order valence-corrected chi connectivity index (χ1v) is 10.7. The predicted octanol–water partition coefficient (Wildman–Crippen LogP) is 3.55. The van der Waals surface area contributed by atoms with Crippen molar-refractivity contribution in [1.82, 2.24) is 15.5 Å². The van der Waals surface area contributed by atoms with Crippen molar-refractivity contribution in [2.24, 2.45) is 4.99 Å². The number of carbonyl (C=O) groups is 1. The Morgan fingerprint density at radius 1 is 1.13 bits per heavy atom. The standard InChI is InChI=1S/C24H31FN4O/c1-3-26-24(27-13-12-21-10-11-22(25)15-18(21)2)28-16-19-6-8-20(9-7-19)17-29-14-4-5-23(29)30/h6-11,15H,3-5,12-14,16-17H2,1-2H3,(H2,26,27,28). The highest BCUT2D eigenvalue weighted by Crippen LogP contribution is 2.15. The van der Waals surface area contributed by atoms with E-state index in [-0.39, 0.29) is 11.7 Å². The van der Waals surface area contributed by atoms with Crippen LogP contribution in [0.15, 0.2) is 47.5 Å². The summed E-state index contributed by atoms with van der Waals surface area (Å²) in [5, 5.41) is 6.61. The molecule has 1 amide bonds.